The molecule has 0 radical (unpaired) electrons. The summed E-state index contributed by atoms with van der Waals surface area (Å²) in [7, 11) is 0. The Morgan fingerprint density at radius 1 is 1.12 bits per heavy atom. The first-order valence-corrected chi connectivity index (χ1v) is 12.5. The van der Waals surface area contributed by atoms with E-state index in [0.29, 0.717) is 30.0 Å². The second kappa shape index (κ2) is 8.75. The lowest BCUT2D eigenvalue weighted by Crippen LogP contribution is -2.52. The van der Waals surface area contributed by atoms with E-state index in [-0.39, 0.29) is 30.2 Å². The van der Waals surface area contributed by atoms with Gasteiger partial charge < -0.3 is 15.0 Å². The summed E-state index contributed by atoms with van der Waals surface area (Å²) in [6.45, 7) is 6.13. The Labute approximate surface area is 195 Å². The summed E-state index contributed by atoms with van der Waals surface area (Å²) in [4.78, 5) is 38.2. The van der Waals surface area contributed by atoms with Crippen molar-refractivity contribution in [1.29, 1.82) is 0 Å². The fourth-order valence-corrected chi connectivity index (χ4v) is 6.24. The molecule has 2 aliphatic carbocycles. The van der Waals surface area contributed by atoms with Gasteiger partial charge >= 0.3 is 0 Å². The zero-order chi connectivity index (χ0) is 23.2. The van der Waals surface area contributed by atoms with Gasteiger partial charge in [0, 0.05) is 24.6 Å². The van der Waals surface area contributed by atoms with Crippen molar-refractivity contribution in [3.63, 3.8) is 0 Å². The van der Waals surface area contributed by atoms with Gasteiger partial charge in [-0.3, -0.25) is 19.7 Å². The number of nitrogens with one attached hydrogen (secondary N) is 2. The van der Waals surface area contributed by atoms with Crippen LogP contribution in [0.3, 0.4) is 0 Å². The van der Waals surface area contributed by atoms with Crippen LogP contribution in [-0.4, -0.2) is 47.4 Å². The Morgan fingerprint density at radius 2 is 1.91 bits per heavy atom. The molecule has 0 bridgehead atoms. The van der Waals surface area contributed by atoms with E-state index in [1.165, 1.54) is 25.7 Å². The standard InChI is InChI=1S/C26H35N3O4/c1-26(2)12-16(13-26)14-27-20-5-3-4-6-22(20)33-18-7-8-19-17(11-18)15-29(25(19)32)21-9-10-23(30)28-24(21)31/h7-8,11,16,20-22,27H,3-6,9-10,12-15H2,1-2H3,(H,28,30,31)/t20-,21?,22-/m0/s1. The lowest BCUT2D eigenvalue weighted by molar-refractivity contribution is -0.136. The predicted molar refractivity (Wildman–Crippen MR) is 124 cm³/mol. The van der Waals surface area contributed by atoms with E-state index in [4.69, 9.17) is 4.74 Å². The zero-order valence-corrected chi connectivity index (χ0v) is 19.7. The van der Waals surface area contributed by atoms with Gasteiger partial charge in [0.15, 0.2) is 0 Å². The van der Waals surface area contributed by atoms with Crippen molar-refractivity contribution in [3.8, 4) is 5.75 Å². The van der Waals surface area contributed by atoms with Crippen LogP contribution in [-0.2, 0) is 16.1 Å². The third kappa shape index (κ3) is 4.65. The molecule has 1 aromatic rings. The highest BCUT2D eigenvalue weighted by molar-refractivity contribution is 6.05. The van der Waals surface area contributed by atoms with Crippen LogP contribution in [0.2, 0.25) is 0 Å². The number of hydrogen-bond donors (Lipinski definition) is 2. The van der Waals surface area contributed by atoms with E-state index < -0.39 is 6.04 Å². The molecule has 3 fully saturated rings. The molecule has 7 nitrogen and oxygen atoms in total. The SMILES string of the molecule is CC1(C)CC(CN[C@H]2CCCC[C@@H]2Oc2ccc3c(c2)CN(C2CCC(=O)NC2=O)C3=O)C1. The fourth-order valence-electron chi connectivity index (χ4n) is 6.24. The first kappa shape index (κ1) is 22.4. The summed E-state index contributed by atoms with van der Waals surface area (Å²) < 4.78 is 6.45. The van der Waals surface area contributed by atoms with E-state index >= 15 is 0 Å². The Morgan fingerprint density at radius 3 is 2.67 bits per heavy atom. The number of benzene rings is 1. The smallest absolute Gasteiger partial charge is 0.255 e. The van der Waals surface area contributed by atoms with Gasteiger partial charge in [0.2, 0.25) is 11.8 Å². The molecule has 1 saturated heterocycles. The van der Waals surface area contributed by atoms with Crippen LogP contribution in [0.4, 0.5) is 0 Å². The van der Waals surface area contributed by atoms with Crippen LogP contribution in [0.5, 0.6) is 5.75 Å². The van der Waals surface area contributed by atoms with E-state index in [1.807, 2.05) is 18.2 Å². The van der Waals surface area contributed by atoms with Crippen LogP contribution in [0, 0.1) is 11.3 Å². The highest BCUT2D eigenvalue weighted by atomic mass is 16.5. The first-order valence-electron chi connectivity index (χ1n) is 12.5. The molecule has 178 valence electrons. The molecule has 0 aromatic heterocycles. The lowest BCUT2D eigenvalue weighted by atomic mass is 9.64. The van der Waals surface area contributed by atoms with Gasteiger partial charge in [0.1, 0.15) is 17.9 Å². The van der Waals surface area contributed by atoms with E-state index in [9.17, 15) is 14.4 Å². The lowest BCUT2D eigenvalue weighted by Gasteiger charge is -2.44. The molecular weight excluding hydrogens is 418 g/mol. The molecule has 33 heavy (non-hydrogen) atoms. The number of hydrogen-bond acceptors (Lipinski definition) is 5. The normalized spacial score (nSPS) is 29.5. The predicted octanol–water partition coefficient (Wildman–Crippen LogP) is 3.16. The minimum absolute atomic E-state index is 0.133. The van der Waals surface area contributed by atoms with Gasteiger partial charge in [0.05, 0.1) is 0 Å². The number of piperidine rings is 1. The molecule has 4 aliphatic rings. The number of amides is 3. The summed E-state index contributed by atoms with van der Waals surface area (Å²) in [6, 6.07) is 5.43. The van der Waals surface area contributed by atoms with Gasteiger partial charge in [-0.25, -0.2) is 0 Å². The third-order valence-corrected chi connectivity index (χ3v) is 7.84. The number of carbonyl (C=O) groups is 3. The Bertz CT molecular complexity index is 951. The summed E-state index contributed by atoms with van der Waals surface area (Å²) in [5.41, 5.74) is 2.01. The van der Waals surface area contributed by atoms with Crippen molar-refractivity contribution in [2.45, 2.75) is 89.9 Å². The van der Waals surface area contributed by atoms with E-state index in [1.54, 1.807) is 4.90 Å². The average Bonchev–Trinajstić information content (AvgIpc) is 3.07. The average molecular weight is 454 g/mol. The molecular formula is C26H35N3O4. The van der Waals surface area contributed by atoms with Crippen LogP contribution < -0.4 is 15.4 Å². The zero-order valence-electron chi connectivity index (χ0n) is 19.7. The maximum absolute atomic E-state index is 12.9. The fraction of sp³-hybridized carbons (Fsp3) is 0.654. The van der Waals surface area contributed by atoms with Crippen molar-refractivity contribution in [2.24, 2.45) is 11.3 Å². The van der Waals surface area contributed by atoms with Gasteiger partial charge in [-0.2, -0.15) is 0 Å². The molecule has 2 saturated carbocycles. The Balaban J connectivity index is 1.22. The molecule has 7 heteroatoms. The largest absolute Gasteiger partial charge is 0.489 e. The Hall–Kier alpha value is -2.41. The minimum Gasteiger partial charge on any atom is -0.489 e. The second-order valence-electron chi connectivity index (χ2n) is 11.1. The topological polar surface area (TPSA) is 87.7 Å². The number of carbonyl (C=O) groups excluding carboxylic acids is 3. The van der Waals surface area contributed by atoms with Crippen molar-refractivity contribution in [1.82, 2.24) is 15.5 Å². The number of fused-ring (bicyclic) bond motifs is 1. The van der Waals surface area contributed by atoms with Gasteiger partial charge in [-0.15, -0.1) is 0 Å². The number of nitrogens with zero attached hydrogens (tertiary/aromatic N) is 1. The van der Waals surface area contributed by atoms with Crippen LogP contribution in [0.15, 0.2) is 18.2 Å². The minimum atomic E-state index is -0.588. The third-order valence-electron chi connectivity index (χ3n) is 7.84. The number of imide groups is 1. The van der Waals surface area contributed by atoms with Crippen LogP contribution in [0.1, 0.15) is 81.1 Å². The second-order valence-corrected chi connectivity index (χ2v) is 11.1. The number of rotatable bonds is 6. The van der Waals surface area contributed by atoms with Crippen LogP contribution >= 0.6 is 0 Å². The van der Waals surface area contributed by atoms with Gasteiger partial charge in [0.25, 0.3) is 5.91 Å². The maximum Gasteiger partial charge on any atom is 0.255 e. The molecule has 5 rings (SSSR count). The van der Waals surface area contributed by atoms with Crippen molar-refractivity contribution >= 4 is 17.7 Å². The summed E-state index contributed by atoms with van der Waals surface area (Å²) in [5, 5.41) is 6.14. The van der Waals surface area contributed by atoms with Gasteiger partial charge in [-0.05, 0) is 80.2 Å². The first-order chi connectivity index (χ1) is 15.8. The molecule has 3 atom stereocenters. The van der Waals surface area contributed by atoms with Crippen molar-refractivity contribution < 1.29 is 19.1 Å². The monoisotopic (exact) mass is 453 g/mol. The molecule has 1 unspecified atom stereocenters. The maximum atomic E-state index is 12.9. The van der Waals surface area contributed by atoms with Gasteiger partial charge in [-0.1, -0.05) is 20.3 Å². The van der Waals surface area contributed by atoms with E-state index in [2.05, 4.69) is 24.5 Å². The quantitative estimate of drug-likeness (QED) is 0.646. The molecule has 2 heterocycles. The van der Waals surface area contributed by atoms with Crippen LogP contribution in [0.25, 0.3) is 0 Å². The molecule has 2 N–H and O–H groups in total. The van der Waals surface area contributed by atoms with Crippen molar-refractivity contribution in [2.75, 3.05) is 6.54 Å². The summed E-state index contributed by atoms with van der Waals surface area (Å²) in [6.07, 6.45) is 7.93. The Kier molecular flexibility index (Phi) is 5.93. The molecule has 0 spiro atoms. The van der Waals surface area contributed by atoms with E-state index in [0.717, 1.165) is 36.6 Å². The number of ether oxygens (including phenoxy) is 1. The van der Waals surface area contributed by atoms with Crippen molar-refractivity contribution in [3.05, 3.63) is 29.3 Å². The molecule has 2 aliphatic heterocycles. The highest BCUT2D eigenvalue weighted by Crippen LogP contribution is 2.44. The summed E-state index contributed by atoms with van der Waals surface area (Å²) in [5.74, 6) is 0.760. The summed E-state index contributed by atoms with van der Waals surface area (Å²) >= 11 is 0. The molecule has 1 aromatic carbocycles. The highest BCUT2D eigenvalue weighted by Gasteiger charge is 2.40. The molecule has 3 amide bonds.